The Morgan fingerprint density at radius 1 is 0.889 bits per heavy atom. The lowest BCUT2D eigenvalue weighted by atomic mass is 9.40. The summed E-state index contributed by atoms with van der Waals surface area (Å²) in [6.45, 7) is 14.3. The normalized spacial score (nSPS) is 62.5. The number of hydrogen-bond acceptors (Lipinski definition) is 10. The highest BCUT2D eigenvalue weighted by Gasteiger charge is 2.89. The van der Waals surface area contributed by atoms with Crippen molar-refractivity contribution in [2.75, 3.05) is 6.61 Å². The molecule has 3 spiro atoms. The van der Waals surface area contributed by atoms with Crippen molar-refractivity contribution < 1.29 is 49.6 Å². The maximum absolute atomic E-state index is 12.7. The van der Waals surface area contributed by atoms with Gasteiger partial charge in [0, 0.05) is 11.3 Å². The van der Waals surface area contributed by atoms with Crippen LogP contribution in [0.5, 0.6) is 0 Å². The molecule has 0 amide bonds. The monoisotopic (exact) mass is 636 g/mol. The van der Waals surface area contributed by atoms with Gasteiger partial charge in [-0.25, -0.2) is 0 Å². The van der Waals surface area contributed by atoms with Crippen molar-refractivity contribution in [1.82, 2.24) is 0 Å². The topological polar surface area (TPSA) is 158 Å². The van der Waals surface area contributed by atoms with E-state index in [0.29, 0.717) is 6.42 Å². The van der Waals surface area contributed by atoms with Crippen LogP contribution in [0.4, 0.5) is 0 Å². The van der Waals surface area contributed by atoms with Crippen LogP contribution in [0.1, 0.15) is 93.4 Å². The molecule has 0 aromatic heterocycles. The summed E-state index contributed by atoms with van der Waals surface area (Å²) in [7, 11) is 0. The number of aliphatic hydroxyl groups is 6. The second-order valence-electron chi connectivity index (χ2n) is 18.4. The molecule has 3 saturated heterocycles. The molecule has 0 aromatic carbocycles. The van der Waals surface area contributed by atoms with Gasteiger partial charge in [0.1, 0.15) is 30.5 Å². The van der Waals surface area contributed by atoms with Gasteiger partial charge in [0.25, 0.3) is 0 Å². The minimum Gasteiger partial charge on any atom is -0.394 e. The van der Waals surface area contributed by atoms with Crippen LogP contribution in [0.2, 0.25) is 0 Å². The molecule has 10 nitrogen and oxygen atoms in total. The van der Waals surface area contributed by atoms with Crippen LogP contribution in [0.25, 0.3) is 0 Å². The lowest BCUT2D eigenvalue weighted by Gasteiger charge is -2.64. The van der Waals surface area contributed by atoms with Gasteiger partial charge in [-0.3, -0.25) is 0 Å². The molecule has 0 radical (unpaired) electrons. The van der Waals surface area contributed by atoms with Crippen LogP contribution in [-0.2, 0) is 18.9 Å². The van der Waals surface area contributed by atoms with E-state index in [1.54, 1.807) is 13.8 Å². The first-order valence-corrected chi connectivity index (χ1v) is 17.6. The molecule has 5 saturated carbocycles. The van der Waals surface area contributed by atoms with E-state index in [2.05, 4.69) is 34.6 Å². The van der Waals surface area contributed by atoms with Crippen molar-refractivity contribution in [3.8, 4) is 0 Å². The summed E-state index contributed by atoms with van der Waals surface area (Å²) in [6.07, 6.45) is -0.995. The molecule has 256 valence electrons. The minimum atomic E-state index is -1.23. The molecule has 6 N–H and O–H groups in total. The first-order chi connectivity index (χ1) is 20.9. The fourth-order valence-corrected chi connectivity index (χ4v) is 14.0. The molecule has 45 heavy (non-hydrogen) atoms. The van der Waals surface area contributed by atoms with Crippen molar-refractivity contribution in [3.05, 3.63) is 0 Å². The Bertz CT molecular complexity index is 1240. The van der Waals surface area contributed by atoms with Crippen molar-refractivity contribution in [2.24, 2.45) is 50.7 Å². The van der Waals surface area contributed by atoms with Crippen LogP contribution < -0.4 is 0 Å². The number of hydrogen-bond donors (Lipinski definition) is 6. The molecule has 2 bridgehead atoms. The number of aliphatic hydroxyl groups excluding tert-OH is 5. The summed E-state index contributed by atoms with van der Waals surface area (Å²) in [5.74, 6) is -0.979. The Kier molecular flexibility index (Phi) is 6.53. The van der Waals surface area contributed by atoms with E-state index in [1.807, 2.05) is 0 Å². The van der Waals surface area contributed by atoms with Crippen LogP contribution in [0.15, 0.2) is 0 Å². The highest BCUT2D eigenvalue weighted by Crippen LogP contribution is 2.90. The smallest absolute Gasteiger partial charge is 0.199 e. The molecule has 5 aliphatic carbocycles. The molecule has 18 atom stereocenters. The Hall–Kier alpha value is -0.400. The van der Waals surface area contributed by atoms with E-state index < -0.39 is 66.3 Å². The Labute approximate surface area is 266 Å². The van der Waals surface area contributed by atoms with Crippen molar-refractivity contribution in [3.63, 3.8) is 0 Å². The quantitative estimate of drug-likeness (QED) is 0.270. The molecular formula is C35H56O10. The third kappa shape index (κ3) is 3.51. The van der Waals surface area contributed by atoms with E-state index in [4.69, 9.17) is 18.9 Å². The van der Waals surface area contributed by atoms with Gasteiger partial charge in [-0.2, -0.15) is 0 Å². The van der Waals surface area contributed by atoms with Gasteiger partial charge in [-0.15, -0.1) is 0 Å². The molecule has 3 heterocycles. The van der Waals surface area contributed by atoms with Crippen LogP contribution in [0, 0.1) is 50.7 Å². The van der Waals surface area contributed by atoms with Gasteiger partial charge < -0.3 is 49.6 Å². The molecule has 3 aliphatic heterocycles. The fraction of sp³-hybridized carbons (Fsp3) is 1.00. The fourth-order valence-electron chi connectivity index (χ4n) is 14.0. The third-order valence-corrected chi connectivity index (χ3v) is 15.9. The van der Waals surface area contributed by atoms with Gasteiger partial charge in [0.2, 0.25) is 0 Å². The molecule has 8 aliphatic rings. The zero-order valence-corrected chi connectivity index (χ0v) is 28.0. The van der Waals surface area contributed by atoms with E-state index in [0.717, 1.165) is 38.5 Å². The number of ether oxygens (including phenoxy) is 4. The summed E-state index contributed by atoms with van der Waals surface area (Å²) in [4.78, 5) is 0. The first-order valence-electron chi connectivity index (χ1n) is 17.6. The zero-order valence-electron chi connectivity index (χ0n) is 28.0. The maximum Gasteiger partial charge on any atom is 0.199 e. The predicted octanol–water partition coefficient (Wildman–Crippen LogP) is 2.09. The average Bonchev–Trinajstić information content (AvgIpc) is 3.30. The van der Waals surface area contributed by atoms with Crippen molar-refractivity contribution in [1.29, 1.82) is 0 Å². The van der Waals surface area contributed by atoms with E-state index >= 15 is 0 Å². The molecule has 8 fully saturated rings. The van der Waals surface area contributed by atoms with Gasteiger partial charge in [-0.05, 0) is 98.2 Å². The number of rotatable bonds is 4. The van der Waals surface area contributed by atoms with Crippen molar-refractivity contribution in [2.45, 2.75) is 160 Å². The predicted molar refractivity (Wildman–Crippen MR) is 160 cm³/mol. The van der Waals surface area contributed by atoms with Crippen LogP contribution in [-0.4, -0.2) is 104 Å². The van der Waals surface area contributed by atoms with Gasteiger partial charge in [0.15, 0.2) is 12.1 Å². The molecule has 8 rings (SSSR count). The summed E-state index contributed by atoms with van der Waals surface area (Å²) in [6, 6.07) is 0. The van der Waals surface area contributed by atoms with E-state index in [1.165, 1.54) is 0 Å². The summed E-state index contributed by atoms with van der Waals surface area (Å²) < 4.78 is 25.7. The Morgan fingerprint density at radius 3 is 2.24 bits per heavy atom. The van der Waals surface area contributed by atoms with Crippen LogP contribution >= 0.6 is 0 Å². The highest BCUT2D eigenvalue weighted by molar-refractivity contribution is 5.35. The average molecular weight is 637 g/mol. The zero-order chi connectivity index (χ0) is 32.5. The van der Waals surface area contributed by atoms with E-state index in [9.17, 15) is 30.6 Å². The number of fused-ring (bicyclic) bond motifs is 4. The van der Waals surface area contributed by atoms with Gasteiger partial charge in [-0.1, -0.05) is 34.6 Å². The van der Waals surface area contributed by atoms with E-state index in [-0.39, 0.29) is 57.5 Å². The second kappa shape index (κ2) is 9.23. The van der Waals surface area contributed by atoms with Gasteiger partial charge >= 0.3 is 0 Å². The van der Waals surface area contributed by atoms with Crippen LogP contribution in [0.3, 0.4) is 0 Å². The molecular weight excluding hydrogens is 580 g/mol. The van der Waals surface area contributed by atoms with Gasteiger partial charge in [0.05, 0.1) is 30.5 Å². The second-order valence-corrected chi connectivity index (χ2v) is 18.4. The lowest BCUT2D eigenvalue weighted by Crippen LogP contribution is -2.64. The third-order valence-electron chi connectivity index (χ3n) is 15.9. The molecule has 0 unspecified atom stereocenters. The maximum atomic E-state index is 12.7. The largest absolute Gasteiger partial charge is 0.394 e. The SMILES string of the molecule is C[C@@H]1C[C@H]2O[C@@]3(O[C@@H]2C(C)(C)O)[C@H](O)[C@@]2(C)[C@@H]4[C@@H](O)C[C@H]5C(C)(C)[C@@H](O[C@@H]6O[C@H](CO)[C@H](O)[C@H]6O)CC[C@@]56C[C@@]46CC[C@]2(C)[C@@H]13. The van der Waals surface area contributed by atoms with Crippen molar-refractivity contribution >= 4 is 0 Å². The summed E-state index contributed by atoms with van der Waals surface area (Å²) in [5, 5.41) is 66.6. The minimum absolute atomic E-state index is 0.0131. The Balaban J connectivity index is 1.12. The Morgan fingerprint density at radius 2 is 1.60 bits per heavy atom. The summed E-state index contributed by atoms with van der Waals surface area (Å²) in [5.41, 5.74) is -2.54. The summed E-state index contributed by atoms with van der Waals surface area (Å²) >= 11 is 0. The molecule has 0 aromatic rings. The standard InChI is InChI=1S/C35H56O10/c1-16-12-18-26(30(4,5)41)45-35(44-18)24(16)31(6)10-11-34-15-33(34)9-8-21(43-27-23(39)22(38)19(14-36)42-27)29(2,3)20(33)13-17(37)25(34)32(31,7)28(35)40/h16-28,36-41H,8-15H2,1-7H3/t16-,17+,18-,19-,20+,21+,22+,23-,24-,25+,26+,27+,28-,31-,32-,33-,34+,35+/m1/s1. The lowest BCUT2D eigenvalue weighted by molar-refractivity contribution is -0.285. The highest BCUT2D eigenvalue weighted by atomic mass is 16.8. The molecule has 10 heteroatoms. The first kappa shape index (κ1) is 31.8.